The highest BCUT2D eigenvalue weighted by molar-refractivity contribution is 5.85. The Morgan fingerprint density at radius 3 is 2.65 bits per heavy atom. The predicted octanol–water partition coefficient (Wildman–Crippen LogP) is 0.791. The van der Waals surface area contributed by atoms with Gasteiger partial charge in [-0.15, -0.1) is 17.5 Å². The van der Waals surface area contributed by atoms with E-state index in [0.29, 0.717) is 31.8 Å². The van der Waals surface area contributed by atoms with Gasteiger partial charge in [-0.2, -0.15) is 0 Å². The van der Waals surface area contributed by atoms with E-state index in [-0.39, 0.29) is 24.1 Å². The van der Waals surface area contributed by atoms with Crippen LogP contribution >= 0.6 is 12.4 Å². The molecule has 0 saturated heterocycles. The van der Waals surface area contributed by atoms with Crippen molar-refractivity contribution in [1.29, 1.82) is 0 Å². The van der Waals surface area contributed by atoms with E-state index >= 15 is 0 Å². The fourth-order valence-electron chi connectivity index (χ4n) is 2.09. The molecular formula is C14H20ClFN6O. The number of benzene rings is 1. The average molecular weight is 343 g/mol. The second-order valence-electron chi connectivity index (χ2n) is 4.95. The summed E-state index contributed by atoms with van der Waals surface area (Å²) in [5, 5.41) is 14.1. The second kappa shape index (κ2) is 9.16. The van der Waals surface area contributed by atoms with Crippen LogP contribution in [0, 0.1) is 12.7 Å². The highest BCUT2D eigenvalue weighted by Crippen LogP contribution is 2.15. The Balaban J connectivity index is 0.00000264. The van der Waals surface area contributed by atoms with Gasteiger partial charge in [-0.3, -0.25) is 4.79 Å². The molecule has 0 aliphatic rings. The van der Waals surface area contributed by atoms with Gasteiger partial charge in [-0.05, 0) is 48.0 Å². The number of amides is 1. The first-order chi connectivity index (χ1) is 10.6. The van der Waals surface area contributed by atoms with Gasteiger partial charge in [0.2, 0.25) is 5.91 Å². The van der Waals surface area contributed by atoms with Crippen molar-refractivity contribution in [3.63, 3.8) is 0 Å². The van der Waals surface area contributed by atoms with Crippen molar-refractivity contribution in [2.75, 3.05) is 13.1 Å². The van der Waals surface area contributed by atoms with Crippen LogP contribution in [0.15, 0.2) is 24.3 Å². The molecule has 1 aromatic carbocycles. The molecule has 2 rings (SSSR count). The second-order valence-corrected chi connectivity index (χ2v) is 4.95. The molecule has 1 atom stereocenters. The third kappa shape index (κ3) is 5.26. The van der Waals surface area contributed by atoms with Crippen LogP contribution in [0.5, 0.6) is 0 Å². The number of halogens is 2. The summed E-state index contributed by atoms with van der Waals surface area (Å²) in [5.74, 6) is 0.0422. The zero-order valence-corrected chi connectivity index (χ0v) is 13.6. The van der Waals surface area contributed by atoms with Crippen LogP contribution < -0.4 is 11.1 Å². The van der Waals surface area contributed by atoms with Crippen LogP contribution in [0.1, 0.15) is 23.9 Å². The maximum absolute atomic E-state index is 13.0. The number of carbonyl (C=O) groups excluding carboxylic acids is 1. The lowest BCUT2D eigenvalue weighted by Crippen LogP contribution is -2.36. The van der Waals surface area contributed by atoms with Gasteiger partial charge in [0.05, 0.1) is 0 Å². The highest BCUT2D eigenvalue weighted by Gasteiger charge is 2.23. The van der Waals surface area contributed by atoms with E-state index in [1.165, 1.54) is 16.8 Å². The monoisotopic (exact) mass is 342 g/mol. The highest BCUT2D eigenvalue weighted by atomic mass is 35.5. The molecule has 2 aromatic rings. The first-order valence-electron chi connectivity index (χ1n) is 7.08. The summed E-state index contributed by atoms with van der Waals surface area (Å²) in [6.07, 6.45) is 1.07. The van der Waals surface area contributed by atoms with Crippen molar-refractivity contribution in [3.8, 4) is 0 Å². The molecule has 0 radical (unpaired) electrons. The Hall–Kier alpha value is -2.06. The van der Waals surface area contributed by atoms with E-state index in [9.17, 15) is 9.18 Å². The van der Waals surface area contributed by atoms with E-state index in [1.54, 1.807) is 19.1 Å². The number of hydrogen-bond acceptors (Lipinski definition) is 5. The topological polar surface area (TPSA) is 98.7 Å². The summed E-state index contributed by atoms with van der Waals surface area (Å²) >= 11 is 0. The van der Waals surface area contributed by atoms with Crippen molar-refractivity contribution in [1.82, 2.24) is 25.5 Å². The molecule has 0 aliphatic carbocycles. The first kappa shape index (κ1) is 19.0. The van der Waals surface area contributed by atoms with E-state index in [2.05, 4.69) is 20.8 Å². The Morgan fingerprint density at radius 1 is 1.39 bits per heavy atom. The van der Waals surface area contributed by atoms with Crippen LogP contribution in [0.25, 0.3) is 0 Å². The van der Waals surface area contributed by atoms with Gasteiger partial charge in [-0.1, -0.05) is 12.1 Å². The molecule has 0 spiro atoms. The molecule has 0 saturated carbocycles. The molecule has 1 unspecified atom stereocenters. The lowest BCUT2D eigenvalue weighted by Gasteiger charge is -2.17. The van der Waals surface area contributed by atoms with Gasteiger partial charge in [0.1, 0.15) is 17.7 Å². The normalized spacial score (nSPS) is 11.6. The molecule has 0 fully saturated rings. The zero-order chi connectivity index (χ0) is 15.9. The van der Waals surface area contributed by atoms with Crippen LogP contribution in [0.2, 0.25) is 0 Å². The minimum absolute atomic E-state index is 0. The van der Waals surface area contributed by atoms with Crippen LogP contribution in [0.4, 0.5) is 4.39 Å². The average Bonchev–Trinajstić information content (AvgIpc) is 2.93. The van der Waals surface area contributed by atoms with Gasteiger partial charge in [0.15, 0.2) is 0 Å². The molecule has 1 aromatic heterocycles. The number of aryl methyl sites for hydroxylation is 1. The van der Waals surface area contributed by atoms with Gasteiger partial charge in [-0.25, -0.2) is 9.07 Å². The Kier molecular flexibility index (Phi) is 7.56. The minimum Gasteiger partial charge on any atom is -0.354 e. The molecular weight excluding hydrogens is 323 g/mol. The number of nitrogens with two attached hydrogens (primary N) is 1. The lowest BCUT2D eigenvalue weighted by atomic mass is 10.1. The van der Waals surface area contributed by atoms with Crippen LogP contribution in [0.3, 0.4) is 0 Å². The molecule has 1 amide bonds. The number of rotatable bonds is 7. The minimum atomic E-state index is -0.585. The fourth-order valence-corrected chi connectivity index (χ4v) is 2.09. The van der Waals surface area contributed by atoms with E-state index < -0.39 is 6.04 Å². The largest absolute Gasteiger partial charge is 0.354 e. The van der Waals surface area contributed by atoms with E-state index in [1.807, 2.05) is 0 Å². The summed E-state index contributed by atoms with van der Waals surface area (Å²) in [5.41, 5.74) is 6.25. The summed E-state index contributed by atoms with van der Waals surface area (Å²) in [6.45, 7) is 2.73. The number of tetrazole rings is 1. The smallest absolute Gasteiger partial charge is 0.245 e. The molecule has 3 N–H and O–H groups in total. The Morgan fingerprint density at radius 2 is 2.09 bits per heavy atom. The van der Waals surface area contributed by atoms with Crippen molar-refractivity contribution in [2.24, 2.45) is 5.73 Å². The summed E-state index contributed by atoms with van der Waals surface area (Å²) in [4.78, 5) is 12.4. The molecule has 1 heterocycles. The van der Waals surface area contributed by atoms with Crippen molar-refractivity contribution >= 4 is 18.3 Å². The number of hydrogen-bond donors (Lipinski definition) is 2. The standard InChI is InChI=1S/C14H19FN6O.ClH/c1-10-18-19-20-21(10)13(14(22)17-8-2-7-16)9-11-3-5-12(15)6-4-11;/h3-6,13H,2,7-9,16H2,1H3,(H,17,22);1H. The van der Waals surface area contributed by atoms with E-state index in [4.69, 9.17) is 5.73 Å². The lowest BCUT2D eigenvalue weighted by molar-refractivity contribution is -0.124. The number of aromatic nitrogens is 4. The summed E-state index contributed by atoms with van der Waals surface area (Å²) < 4.78 is 14.5. The maximum Gasteiger partial charge on any atom is 0.245 e. The molecule has 0 aliphatic heterocycles. The number of nitrogens with one attached hydrogen (secondary N) is 1. The SMILES string of the molecule is Cc1nnnn1C(Cc1ccc(F)cc1)C(=O)NCCCN.Cl. The first-order valence-corrected chi connectivity index (χ1v) is 7.08. The maximum atomic E-state index is 13.0. The van der Waals surface area contributed by atoms with Crippen LogP contribution in [-0.4, -0.2) is 39.2 Å². The van der Waals surface area contributed by atoms with Gasteiger partial charge < -0.3 is 11.1 Å². The van der Waals surface area contributed by atoms with Crippen molar-refractivity contribution < 1.29 is 9.18 Å². The molecule has 0 bridgehead atoms. The van der Waals surface area contributed by atoms with Crippen molar-refractivity contribution in [2.45, 2.75) is 25.8 Å². The zero-order valence-electron chi connectivity index (χ0n) is 12.8. The number of nitrogens with zero attached hydrogens (tertiary/aromatic N) is 4. The molecule has 126 valence electrons. The molecule has 23 heavy (non-hydrogen) atoms. The third-order valence-electron chi connectivity index (χ3n) is 3.28. The van der Waals surface area contributed by atoms with Crippen LogP contribution in [-0.2, 0) is 11.2 Å². The molecule has 9 heteroatoms. The van der Waals surface area contributed by atoms with Gasteiger partial charge in [0, 0.05) is 13.0 Å². The Bertz CT molecular complexity index is 618. The van der Waals surface area contributed by atoms with Crippen molar-refractivity contribution in [3.05, 3.63) is 41.5 Å². The van der Waals surface area contributed by atoms with Gasteiger partial charge in [0.25, 0.3) is 0 Å². The summed E-state index contributed by atoms with van der Waals surface area (Å²) in [7, 11) is 0. The quantitative estimate of drug-likeness (QED) is 0.725. The Labute approximate surface area is 139 Å². The van der Waals surface area contributed by atoms with E-state index in [0.717, 1.165) is 5.56 Å². The third-order valence-corrected chi connectivity index (χ3v) is 3.28. The van der Waals surface area contributed by atoms with Gasteiger partial charge >= 0.3 is 0 Å². The fraction of sp³-hybridized carbons (Fsp3) is 0.429. The predicted molar refractivity (Wildman–Crippen MR) is 85.6 cm³/mol. The number of carbonyl (C=O) groups is 1. The molecule has 7 nitrogen and oxygen atoms in total. The summed E-state index contributed by atoms with van der Waals surface area (Å²) in [6, 6.07) is 5.44.